The van der Waals surface area contributed by atoms with Crippen molar-refractivity contribution in [1.29, 1.82) is 0 Å². The van der Waals surface area contributed by atoms with Crippen LogP contribution in [0.3, 0.4) is 0 Å². The fourth-order valence-corrected chi connectivity index (χ4v) is 6.85. The second-order valence-electron chi connectivity index (χ2n) is 11.4. The largest absolute Gasteiger partial charge is 0.423 e. The van der Waals surface area contributed by atoms with Crippen molar-refractivity contribution in [3.05, 3.63) is 64.8 Å². The summed E-state index contributed by atoms with van der Waals surface area (Å²) in [5.41, 5.74) is 5.31. The molecule has 1 spiro atoms. The minimum Gasteiger partial charge on any atom is -0.423 e. The van der Waals surface area contributed by atoms with E-state index in [9.17, 15) is 5.11 Å². The number of β-amino-alcohol motifs (C(OH)–C–C–N with tert-alkyl or cyclic N) is 1. The minimum absolute atomic E-state index is 0.219. The Balaban J connectivity index is 1.02. The third-order valence-corrected chi connectivity index (χ3v) is 9.33. The van der Waals surface area contributed by atoms with Crippen LogP contribution in [0.2, 0.25) is 5.02 Å². The molecule has 3 unspecified atom stereocenters. The predicted octanol–water partition coefficient (Wildman–Crippen LogP) is 5.59. The molecule has 0 amide bonds. The number of oxazole rings is 1. The van der Waals surface area contributed by atoms with Gasteiger partial charge in [0.1, 0.15) is 0 Å². The molecule has 2 fully saturated rings. The molecule has 2 saturated heterocycles. The standard InChI is InChI=1S/C30H37ClN4O2/c1-20-3-8-25-26(15-20)33-19-30(25)11-14-34(17-21(30)2)18-27(36)22-9-12-35(13-10-22)29-32-16-28(37-29)23-4-6-24(31)7-5-23/h3-8,15-16,21-22,27,33,36H,9-14,17-19H2,1-2H3. The Morgan fingerprint density at radius 1 is 1.16 bits per heavy atom. The Morgan fingerprint density at radius 2 is 1.95 bits per heavy atom. The monoisotopic (exact) mass is 520 g/mol. The first-order chi connectivity index (χ1) is 17.9. The van der Waals surface area contributed by atoms with Crippen molar-refractivity contribution in [2.24, 2.45) is 11.8 Å². The van der Waals surface area contributed by atoms with E-state index in [1.807, 2.05) is 24.3 Å². The number of likely N-dealkylation sites (tertiary alicyclic amines) is 1. The molecule has 2 aromatic carbocycles. The summed E-state index contributed by atoms with van der Waals surface area (Å²) in [6, 6.07) is 15.1. The quantitative estimate of drug-likeness (QED) is 0.457. The van der Waals surface area contributed by atoms with Gasteiger partial charge in [-0.3, -0.25) is 0 Å². The van der Waals surface area contributed by atoms with Crippen LogP contribution in [-0.4, -0.2) is 60.4 Å². The highest BCUT2D eigenvalue weighted by Crippen LogP contribution is 2.47. The summed E-state index contributed by atoms with van der Waals surface area (Å²) in [5, 5.41) is 15.6. The van der Waals surface area contributed by atoms with E-state index in [4.69, 9.17) is 16.0 Å². The lowest BCUT2D eigenvalue weighted by atomic mass is 9.67. The number of aryl methyl sites for hydroxylation is 1. The first-order valence-electron chi connectivity index (χ1n) is 13.6. The van der Waals surface area contributed by atoms with Gasteiger partial charge in [0.15, 0.2) is 5.76 Å². The molecular formula is C30H37ClN4O2. The van der Waals surface area contributed by atoms with Crippen LogP contribution in [0.4, 0.5) is 11.7 Å². The maximum Gasteiger partial charge on any atom is 0.297 e. The zero-order valence-electron chi connectivity index (χ0n) is 21.8. The summed E-state index contributed by atoms with van der Waals surface area (Å²) in [7, 11) is 0. The van der Waals surface area contributed by atoms with Crippen LogP contribution in [-0.2, 0) is 5.41 Å². The van der Waals surface area contributed by atoms with E-state index in [1.165, 1.54) is 16.8 Å². The Kier molecular flexibility index (Phi) is 6.68. The molecule has 2 N–H and O–H groups in total. The number of halogens is 1. The lowest BCUT2D eigenvalue weighted by molar-refractivity contribution is 0.0242. The molecule has 37 heavy (non-hydrogen) atoms. The van der Waals surface area contributed by atoms with Crippen LogP contribution in [0, 0.1) is 18.8 Å². The van der Waals surface area contributed by atoms with Crippen LogP contribution in [0.1, 0.15) is 37.3 Å². The first kappa shape index (κ1) is 24.8. The Bertz CT molecular complexity index is 1240. The number of aliphatic hydroxyl groups excluding tert-OH is 1. The summed E-state index contributed by atoms with van der Waals surface area (Å²) in [6.07, 6.45) is 4.52. The molecule has 0 saturated carbocycles. The van der Waals surface area contributed by atoms with Gasteiger partial charge in [-0.05, 0) is 86.0 Å². The molecule has 3 atom stereocenters. The van der Waals surface area contributed by atoms with E-state index in [-0.39, 0.29) is 11.5 Å². The molecule has 196 valence electrons. The van der Waals surface area contributed by atoms with Crippen LogP contribution < -0.4 is 10.2 Å². The molecule has 3 aliphatic heterocycles. The summed E-state index contributed by atoms with van der Waals surface area (Å²) in [5.74, 6) is 1.61. The highest BCUT2D eigenvalue weighted by atomic mass is 35.5. The average molecular weight is 521 g/mol. The second kappa shape index (κ2) is 9.97. The number of nitrogens with one attached hydrogen (secondary N) is 1. The molecule has 3 aromatic rings. The lowest BCUT2D eigenvalue weighted by Crippen LogP contribution is -2.52. The zero-order valence-corrected chi connectivity index (χ0v) is 22.5. The molecule has 1 aromatic heterocycles. The third-order valence-electron chi connectivity index (χ3n) is 9.08. The number of piperidine rings is 2. The van der Waals surface area contributed by atoms with Gasteiger partial charge in [0.25, 0.3) is 6.01 Å². The van der Waals surface area contributed by atoms with Crippen molar-refractivity contribution in [2.75, 3.05) is 49.5 Å². The maximum atomic E-state index is 11.2. The fourth-order valence-electron chi connectivity index (χ4n) is 6.72. The van der Waals surface area contributed by atoms with Crippen molar-refractivity contribution in [2.45, 2.75) is 44.6 Å². The smallest absolute Gasteiger partial charge is 0.297 e. The number of hydrogen-bond donors (Lipinski definition) is 2. The summed E-state index contributed by atoms with van der Waals surface area (Å²) in [4.78, 5) is 9.20. The van der Waals surface area contributed by atoms with E-state index in [2.05, 4.69) is 52.1 Å². The fraction of sp³-hybridized carbons (Fsp3) is 0.500. The van der Waals surface area contributed by atoms with Crippen molar-refractivity contribution in [1.82, 2.24) is 9.88 Å². The number of rotatable bonds is 5. The molecule has 0 radical (unpaired) electrons. The summed E-state index contributed by atoms with van der Waals surface area (Å²) in [6.45, 7) is 10.1. The van der Waals surface area contributed by atoms with Gasteiger partial charge in [-0.25, -0.2) is 4.98 Å². The first-order valence-corrected chi connectivity index (χ1v) is 14.0. The third kappa shape index (κ3) is 4.75. The van der Waals surface area contributed by atoms with Gasteiger partial charge < -0.3 is 24.6 Å². The second-order valence-corrected chi connectivity index (χ2v) is 11.8. The van der Waals surface area contributed by atoms with Gasteiger partial charge in [-0.15, -0.1) is 0 Å². The number of benzene rings is 2. The Morgan fingerprint density at radius 3 is 2.70 bits per heavy atom. The molecule has 6 rings (SSSR count). The van der Waals surface area contributed by atoms with E-state index in [0.29, 0.717) is 22.9 Å². The minimum atomic E-state index is -0.297. The predicted molar refractivity (Wildman–Crippen MR) is 149 cm³/mol. The maximum absolute atomic E-state index is 11.2. The molecular weight excluding hydrogens is 484 g/mol. The topological polar surface area (TPSA) is 64.8 Å². The van der Waals surface area contributed by atoms with Crippen molar-refractivity contribution in [3.63, 3.8) is 0 Å². The van der Waals surface area contributed by atoms with Gasteiger partial charge in [-0.1, -0.05) is 30.7 Å². The van der Waals surface area contributed by atoms with Crippen molar-refractivity contribution < 1.29 is 9.52 Å². The molecule has 3 aliphatic rings. The SMILES string of the molecule is Cc1ccc2c(c1)NCC21CCN(CC(O)C2CCN(c3ncc(-c4ccc(Cl)cc4)o3)CC2)CC1C. The number of aliphatic hydroxyl groups is 1. The number of aromatic nitrogens is 1. The highest BCUT2D eigenvalue weighted by Gasteiger charge is 2.46. The Labute approximate surface area is 224 Å². The van der Waals surface area contributed by atoms with E-state index in [0.717, 1.165) is 69.9 Å². The van der Waals surface area contributed by atoms with Gasteiger partial charge in [0, 0.05) is 54.4 Å². The number of fused-ring (bicyclic) bond motifs is 2. The highest BCUT2D eigenvalue weighted by molar-refractivity contribution is 6.30. The molecule has 0 aliphatic carbocycles. The van der Waals surface area contributed by atoms with Gasteiger partial charge >= 0.3 is 0 Å². The normalized spacial score (nSPS) is 25.3. The van der Waals surface area contributed by atoms with Crippen LogP contribution in [0.25, 0.3) is 11.3 Å². The van der Waals surface area contributed by atoms with Crippen LogP contribution >= 0.6 is 11.6 Å². The van der Waals surface area contributed by atoms with E-state index in [1.54, 1.807) is 6.20 Å². The molecule has 0 bridgehead atoms. The average Bonchev–Trinajstić information content (AvgIpc) is 3.53. The Hall–Kier alpha value is -2.54. The van der Waals surface area contributed by atoms with E-state index >= 15 is 0 Å². The van der Waals surface area contributed by atoms with Gasteiger partial charge in [0.05, 0.1) is 12.3 Å². The summed E-state index contributed by atoms with van der Waals surface area (Å²) >= 11 is 6.00. The number of anilines is 2. The van der Waals surface area contributed by atoms with E-state index < -0.39 is 0 Å². The van der Waals surface area contributed by atoms with Crippen LogP contribution in [0.5, 0.6) is 0 Å². The number of hydrogen-bond acceptors (Lipinski definition) is 6. The van der Waals surface area contributed by atoms with Crippen LogP contribution in [0.15, 0.2) is 53.1 Å². The zero-order chi connectivity index (χ0) is 25.6. The lowest BCUT2D eigenvalue weighted by Gasteiger charge is -2.46. The van der Waals surface area contributed by atoms with Crippen molar-refractivity contribution in [3.8, 4) is 11.3 Å². The van der Waals surface area contributed by atoms with Crippen molar-refractivity contribution >= 4 is 23.3 Å². The molecule has 6 nitrogen and oxygen atoms in total. The van der Waals surface area contributed by atoms with Gasteiger partial charge in [-0.2, -0.15) is 0 Å². The molecule has 7 heteroatoms. The summed E-state index contributed by atoms with van der Waals surface area (Å²) < 4.78 is 6.05. The molecule has 4 heterocycles. The number of nitrogens with zero attached hydrogens (tertiary/aromatic N) is 3. The van der Waals surface area contributed by atoms with Gasteiger partial charge in [0.2, 0.25) is 0 Å².